The highest BCUT2D eigenvalue weighted by molar-refractivity contribution is 5.11. The molecule has 86 valence electrons. The van der Waals surface area contributed by atoms with Crippen LogP contribution in [0.5, 0.6) is 0 Å². The normalized spacial score (nSPS) is 33.4. The summed E-state index contributed by atoms with van der Waals surface area (Å²) in [5, 5.41) is 9.39. The maximum Gasteiger partial charge on any atom is 0.0615 e. The van der Waals surface area contributed by atoms with Crippen LogP contribution in [0.1, 0.15) is 51.4 Å². The lowest BCUT2D eigenvalue weighted by molar-refractivity contribution is -0.0654. The molecule has 0 unspecified atom stereocenters. The SMILES string of the molecule is OCC1(N2CC3(CCCCCC3)C2)CC1. The average molecular weight is 209 g/mol. The van der Waals surface area contributed by atoms with Crippen molar-refractivity contribution in [3.63, 3.8) is 0 Å². The lowest BCUT2D eigenvalue weighted by atomic mass is 9.72. The summed E-state index contributed by atoms with van der Waals surface area (Å²) >= 11 is 0. The van der Waals surface area contributed by atoms with Crippen LogP contribution in [0.15, 0.2) is 0 Å². The van der Waals surface area contributed by atoms with Crippen molar-refractivity contribution in [3.8, 4) is 0 Å². The predicted octanol–water partition coefficient (Wildman–Crippen LogP) is 2.17. The Bertz CT molecular complexity index is 231. The van der Waals surface area contributed by atoms with E-state index in [4.69, 9.17) is 0 Å². The molecule has 2 aliphatic carbocycles. The van der Waals surface area contributed by atoms with Gasteiger partial charge in [0.25, 0.3) is 0 Å². The van der Waals surface area contributed by atoms with E-state index in [1.807, 2.05) is 0 Å². The van der Waals surface area contributed by atoms with E-state index in [9.17, 15) is 5.11 Å². The zero-order valence-corrected chi connectivity index (χ0v) is 9.67. The summed E-state index contributed by atoms with van der Waals surface area (Å²) in [5.74, 6) is 0. The fourth-order valence-corrected chi connectivity index (χ4v) is 3.61. The van der Waals surface area contributed by atoms with Gasteiger partial charge in [0.05, 0.1) is 6.61 Å². The van der Waals surface area contributed by atoms with Crippen molar-refractivity contribution in [3.05, 3.63) is 0 Å². The molecule has 1 spiro atoms. The van der Waals surface area contributed by atoms with Crippen LogP contribution < -0.4 is 0 Å². The summed E-state index contributed by atoms with van der Waals surface area (Å²) in [7, 11) is 0. The van der Waals surface area contributed by atoms with E-state index in [1.165, 1.54) is 64.5 Å². The Morgan fingerprint density at radius 3 is 1.93 bits per heavy atom. The molecule has 1 heterocycles. The summed E-state index contributed by atoms with van der Waals surface area (Å²) in [4.78, 5) is 2.57. The molecule has 0 amide bonds. The second kappa shape index (κ2) is 3.46. The van der Waals surface area contributed by atoms with Gasteiger partial charge < -0.3 is 5.11 Å². The lowest BCUT2D eigenvalue weighted by Gasteiger charge is -2.54. The minimum atomic E-state index is 0.248. The molecule has 3 rings (SSSR count). The topological polar surface area (TPSA) is 23.5 Å². The van der Waals surface area contributed by atoms with Crippen molar-refractivity contribution in [1.29, 1.82) is 0 Å². The summed E-state index contributed by atoms with van der Waals surface area (Å²) in [5.41, 5.74) is 0.915. The first-order valence-corrected chi connectivity index (χ1v) is 6.65. The summed E-state index contributed by atoms with van der Waals surface area (Å²) < 4.78 is 0. The van der Waals surface area contributed by atoms with Crippen LogP contribution in [0.2, 0.25) is 0 Å². The Labute approximate surface area is 92.7 Å². The second-order valence-corrected chi connectivity index (χ2v) is 6.15. The third kappa shape index (κ3) is 1.62. The molecule has 0 atom stereocenters. The molecule has 0 aromatic carbocycles. The predicted molar refractivity (Wildman–Crippen MR) is 60.8 cm³/mol. The van der Waals surface area contributed by atoms with E-state index in [-0.39, 0.29) is 5.54 Å². The van der Waals surface area contributed by atoms with E-state index in [1.54, 1.807) is 0 Å². The monoisotopic (exact) mass is 209 g/mol. The first-order chi connectivity index (χ1) is 7.29. The number of nitrogens with zero attached hydrogens (tertiary/aromatic N) is 1. The largest absolute Gasteiger partial charge is 0.394 e. The van der Waals surface area contributed by atoms with Crippen molar-refractivity contribution < 1.29 is 5.11 Å². The van der Waals surface area contributed by atoms with E-state index in [0.29, 0.717) is 12.0 Å². The molecule has 1 N–H and O–H groups in total. The van der Waals surface area contributed by atoms with E-state index in [0.717, 1.165) is 0 Å². The maximum atomic E-state index is 9.39. The Kier molecular flexibility index (Phi) is 2.33. The van der Waals surface area contributed by atoms with Crippen LogP contribution in [-0.2, 0) is 0 Å². The van der Waals surface area contributed by atoms with Gasteiger partial charge in [-0.15, -0.1) is 0 Å². The Morgan fingerprint density at radius 1 is 0.867 bits per heavy atom. The van der Waals surface area contributed by atoms with Gasteiger partial charge in [0.1, 0.15) is 0 Å². The highest BCUT2D eigenvalue weighted by atomic mass is 16.3. The number of aliphatic hydroxyl groups excluding tert-OH is 1. The number of hydrogen-bond donors (Lipinski definition) is 1. The minimum absolute atomic E-state index is 0.248. The standard InChI is InChI=1S/C13H23NO/c15-11-13(7-8-13)14-9-12(10-14)5-3-1-2-4-6-12/h15H,1-11H2. The van der Waals surface area contributed by atoms with Gasteiger partial charge in [0.15, 0.2) is 0 Å². The molecule has 3 fully saturated rings. The maximum absolute atomic E-state index is 9.39. The van der Waals surface area contributed by atoms with Gasteiger partial charge in [-0.1, -0.05) is 25.7 Å². The van der Waals surface area contributed by atoms with Crippen LogP contribution in [0.4, 0.5) is 0 Å². The highest BCUT2D eigenvalue weighted by Crippen LogP contribution is 2.52. The first kappa shape index (κ1) is 10.1. The van der Waals surface area contributed by atoms with Crippen LogP contribution in [0.3, 0.4) is 0 Å². The van der Waals surface area contributed by atoms with Gasteiger partial charge in [-0.25, -0.2) is 0 Å². The van der Waals surface area contributed by atoms with Crippen molar-refractivity contribution in [1.82, 2.24) is 4.90 Å². The average Bonchev–Trinajstić information content (AvgIpc) is 3.00. The number of rotatable bonds is 2. The van der Waals surface area contributed by atoms with Crippen LogP contribution in [0.25, 0.3) is 0 Å². The van der Waals surface area contributed by atoms with Crippen LogP contribution in [-0.4, -0.2) is 35.2 Å². The zero-order chi connectivity index (χ0) is 10.4. The van der Waals surface area contributed by atoms with Crippen molar-refractivity contribution in [2.24, 2.45) is 5.41 Å². The quantitative estimate of drug-likeness (QED) is 0.753. The fourth-order valence-electron chi connectivity index (χ4n) is 3.61. The molecule has 3 aliphatic rings. The molecule has 0 bridgehead atoms. The van der Waals surface area contributed by atoms with Gasteiger partial charge in [-0.05, 0) is 31.1 Å². The molecule has 0 aromatic rings. The van der Waals surface area contributed by atoms with E-state index >= 15 is 0 Å². The van der Waals surface area contributed by atoms with Gasteiger partial charge >= 0.3 is 0 Å². The second-order valence-electron chi connectivity index (χ2n) is 6.15. The smallest absolute Gasteiger partial charge is 0.0615 e. The molecule has 0 aromatic heterocycles. The number of aliphatic hydroxyl groups is 1. The van der Waals surface area contributed by atoms with E-state index < -0.39 is 0 Å². The van der Waals surface area contributed by atoms with Crippen molar-refractivity contribution in [2.75, 3.05) is 19.7 Å². The Hall–Kier alpha value is -0.0800. The minimum Gasteiger partial charge on any atom is -0.394 e. The molecule has 1 saturated heterocycles. The molecular formula is C13H23NO. The zero-order valence-electron chi connectivity index (χ0n) is 9.67. The molecule has 2 nitrogen and oxygen atoms in total. The molecule has 1 aliphatic heterocycles. The molecule has 2 saturated carbocycles. The van der Waals surface area contributed by atoms with Crippen molar-refractivity contribution >= 4 is 0 Å². The van der Waals surface area contributed by atoms with Gasteiger partial charge in [0, 0.05) is 18.6 Å². The van der Waals surface area contributed by atoms with Gasteiger partial charge in [-0.2, -0.15) is 0 Å². The summed E-state index contributed by atoms with van der Waals surface area (Å²) in [6.07, 6.45) is 11.2. The molecular weight excluding hydrogens is 186 g/mol. The van der Waals surface area contributed by atoms with Crippen LogP contribution >= 0.6 is 0 Å². The molecule has 0 radical (unpaired) electrons. The fraction of sp³-hybridized carbons (Fsp3) is 1.00. The summed E-state index contributed by atoms with van der Waals surface area (Å²) in [6, 6.07) is 0. The lowest BCUT2D eigenvalue weighted by Crippen LogP contribution is -2.61. The van der Waals surface area contributed by atoms with Gasteiger partial charge in [0.2, 0.25) is 0 Å². The number of hydrogen-bond acceptors (Lipinski definition) is 2. The third-order valence-corrected chi connectivity index (χ3v) is 5.01. The number of likely N-dealkylation sites (tertiary alicyclic amines) is 1. The van der Waals surface area contributed by atoms with Crippen molar-refractivity contribution in [2.45, 2.75) is 56.9 Å². The van der Waals surface area contributed by atoms with E-state index in [2.05, 4.69) is 4.90 Å². The highest BCUT2D eigenvalue weighted by Gasteiger charge is 2.56. The Morgan fingerprint density at radius 2 is 1.47 bits per heavy atom. The van der Waals surface area contributed by atoms with Crippen LogP contribution in [0, 0.1) is 5.41 Å². The third-order valence-electron chi connectivity index (χ3n) is 5.01. The molecule has 2 heteroatoms. The first-order valence-electron chi connectivity index (χ1n) is 6.65. The molecule has 15 heavy (non-hydrogen) atoms. The Balaban J connectivity index is 1.59. The summed E-state index contributed by atoms with van der Waals surface area (Å²) in [6.45, 7) is 2.96. The van der Waals surface area contributed by atoms with Gasteiger partial charge in [-0.3, -0.25) is 4.90 Å².